The van der Waals surface area contributed by atoms with Crippen LogP contribution in [0.4, 0.5) is 0 Å². The third-order valence-corrected chi connectivity index (χ3v) is 7.43. The molecule has 4 atom stereocenters. The third kappa shape index (κ3) is 2.58. The van der Waals surface area contributed by atoms with Crippen LogP contribution in [-0.4, -0.2) is 17.8 Å². The third-order valence-electron chi connectivity index (χ3n) is 7.43. The molecule has 2 nitrogen and oxygen atoms in total. The van der Waals surface area contributed by atoms with Gasteiger partial charge in [0, 0.05) is 5.41 Å². The average Bonchev–Trinajstić information content (AvgIpc) is 2.58. The number of rotatable bonds is 4. The fraction of sp³-hybridized carbons (Fsp3) is 0.727. The summed E-state index contributed by atoms with van der Waals surface area (Å²) in [6.07, 6.45) is 6.99. The summed E-state index contributed by atoms with van der Waals surface area (Å²) in [4.78, 5) is 0. The average molecular weight is 331 g/mol. The van der Waals surface area contributed by atoms with Gasteiger partial charge in [0.25, 0.3) is 0 Å². The Hall–Kier alpha value is -1.02. The predicted octanol–water partition coefficient (Wildman–Crippen LogP) is 5.33. The molecule has 1 aromatic carbocycles. The van der Waals surface area contributed by atoms with Crippen LogP contribution in [0, 0.1) is 17.3 Å². The Kier molecular flexibility index (Phi) is 4.72. The van der Waals surface area contributed by atoms with Crippen LogP contribution < -0.4 is 4.74 Å². The Balaban J connectivity index is 1.98. The standard InChI is InChI=1S/C22H34O2/c1-6-20-19-10-8-15-14-16(24-5)9-11-17(15)18(19)12-13-22(20,7-2)21(3,4)23/h9,11,14,18-20,23H,6-8,10,12-13H2,1-5H3/t18-,19-,20+,22+/m1/s1. The van der Waals surface area contributed by atoms with Gasteiger partial charge >= 0.3 is 0 Å². The molecule has 0 unspecified atom stereocenters. The van der Waals surface area contributed by atoms with E-state index in [1.54, 1.807) is 12.7 Å². The van der Waals surface area contributed by atoms with E-state index in [1.165, 1.54) is 24.8 Å². The summed E-state index contributed by atoms with van der Waals surface area (Å²) in [5, 5.41) is 11.0. The van der Waals surface area contributed by atoms with Gasteiger partial charge in [-0.25, -0.2) is 0 Å². The Morgan fingerprint density at radius 2 is 2.00 bits per heavy atom. The van der Waals surface area contributed by atoms with Crippen LogP contribution in [0.5, 0.6) is 5.75 Å². The van der Waals surface area contributed by atoms with Crippen molar-refractivity contribution in [2.45, 2.75) is 77.7 Å². The molecule has 24 heavy (non-hydrogen) atoms. The number of methoxy groups -OCH3 is 1. The van der Waals surface area contributed by atoms with E-state index in [1.807, 2.05) is 13.8 Å². The maximum Gasteiger partial charge on any atom is 0.119 e. The summed E-state index contributed by atoms with van der Waals surface area (Å²) in [6.45, 7) is 8.69. The first-order chi connectivity index (χ1) is 11.4. The predicted molar refractivity (Wildman–Crippen MR) is 99.6 cm³/mol. The van der Waals surface area contributed by atoms with Gasteiger partial charge in [-0.05, 0) is 87.0 Å². The van der Waals surface area contributed by atoms with Gasteiger partial charge < -0.3 is 9.84 Å². The van der Waals surface area contributed by atoms with Crippen LogP contribution in [0.25, 0.3) is 0 Å². The fourth-order valence-electron chi connectivity index (χ4n) is 6.23. The number of ether oxygens (including phenoxy) is 1. The first kappa shape index (κ1) is 17.8. The van der Waals surface area contributed by atoms with Crippen molar-refractivity contribution in [3.63, 3.8) is 0 Å². The topological polar surface area (TPSA) is 29.5 Å². The zero-order valence-corrected chi connectivity index (χ0v) is 16.1. The van der Waals surface area contributed by atoms with Gasteiger partial charge in [-0.3, -0.25) is 0 Å². The highest BCUT2D eigenvalue weighted by Crippen LogP contribution is 2.60. The number of aryl methyl sites for hydroxylation is 1. The Morgan fingerprint density at radius 3 is 2.58 bits per heavy atom. The first-order valence-corrected chi connectivity index (χ1v) is 9.77. The summed E-state index contributed by atoms with van der Waals surface area (Å²) in [7, 11) is 1.75. The summed E-state index contributed by atoms with van der Waals surface area (Å²) < 4.78 is 5.42. The van der Waals surface area contributed by atoms with E-state index >= 15 is 0 Å². The number of hydrogen-bond acceptors (Lipinski definition) is 2. The van der Waals surface area contributed by atoms with E-state index in [4.69, 9.17) is 4.74 Å². The Morgan fingerprint density at radius 1 is 1.25 bits per heavy atom. The molecule has 2 aliphatic carbocycles. The van der Waals surface area contributed by atoms with Crippen molar-refractivity contribution in [2.24, 2.45) is 17.3 Å². The van der Waals surface area contributed by atoms with Crippen molar-refractivity contribution in [1.82, 2.24) is 0 Å². The first-order valence-electron chi connectivity index (χ1n) is 9.77. The van der Waals surface area contributed by atoms with E-state index in [0.29, 0.717) is 17.8 Å². The molecule has 134 valence electrons. The number of hydrogen-bond donors (Lipinski definition) is 1. The second-order valence-electron chi connectivity index (χ2n) is 8.50. The van der Waals surface area contributed by atoms with Crippen molar-refractivity contribution in [1.29, 1.82) is 0 Å². The zero-order valence-electron chi connectivity index (χ0n) is 16.1. The molecule has 0 spiro atoms. The van der Waals surface area contributed by atoms with E-state index in [9.17, 15) is 5.11 Å². The molecule has 0 aromatic heterocycles. The van der Waals surface area contributed by atoms with Crippen LogP contribution in [0.3, 0.4) is 0 Å². The second-order valence-corrected chi connectivity index (χ2v) is 8.50. The lowest BCUT2D eigenvalue weighted by atomic mass is 9.48. The molecule has 0 saturated heterocycles. The maximum atomic E-state index is 11.0. The molecule has 1 aromatic rings. The van der Waals surface area contributed by atoms with Crippen LogP contribution in [0.1, 0.15) is 76.8 Å². The molecule has 0 aliphatic heterocycles. The lowest BCUT2D eigenvalue weighted by Crippen LogP contribution is -2.54. The minimum Gasteiger partial charge on any atom is -0.497 e. The summed E-state index contributed by atoms with van der Waals surface area (Å²) >= 11 is 0. The van der Waals surface area contributed by atoms with Crippen molar-refractivity contribution < 1.29 is 9.84 Å². The lowest BCUT2D eigenvalue weighted by molar-refractivity contribution is -0.137. The quantitative estimate of drug-likeness (QED) is 0.808. The van der Waals surface area contributed by atoms with Gasteiger partial charge in [-0.15, -0.1) is 0 Å². The van der Waals surface area contributed by atoms with Crippen molar-refractivity contribution in [3.05, 3.63) is 29.3 Å². The van der Waals surface area contributed by atoms with E-state index in [0.717, 1.165) is 25.0 Å². The molecular formula is C22H34O2. The number of fused-ring (bicyclic) bond motifs is 3. The molecule has 2 aliphatic rings. The smallest absolute Gasteiger partial charge is 0.119 e. The molecule has 1 saturated carbocycles. The molecule has 0 bridgehead atoms. The Labute approximate surface area is 147 Å². The van der Waals surface area contributed by atoms with Gasteiger partial charge in [-0.2, -0.15) is 0 Å². The fourth-order valence-corrected chi connectivity index (χ4v) is 6.23. The van der Waals surface area contributed by atoms with Crippen LogP contribution in [-0.2, 0) is 6.42 Å². The summed E-state index contributed by atoms with van der Waals surface area (Å²) in [6, 6.07) is 6.67. The van der Waals surface area contributed by atoms with Gasteiger partial charge in [0.05, 0.1) is 12.7 Å². The molecule has 0 radical (unpaired) electrons. The monoisotopic (exact) mass is 330 g/mol. The van der Waals surface area contributed by atoms with E-state index in [2.05, 4.69) is 32.0 Å². The molecular weight excluding hydrogens is 296 g/mol. The van der Waals surface area contributed by atoms with Gasteiger partial charge in [0.2, 0.25) is 0 Å². The molecule has 1 fully saturated rings. The van der Waals surface area contributed by atoms with Crippen LogP contribution in [0.2, 0.25) is 0 Å². The SMILES string of the molecule is CC[C@H]1[C@@H]2CCc3cc(OC)ccc3[C@H]2CC[C@]1(CC)C(C)(C)O. The maximum absolute atomic E-state index is 11.0. The zero-order chi connectivity index (χ0) is 17.5. The van der Waals surface area contributed by atoms with Gasteiger partial charge in [0.1, 0.15) is 5.75 Å². The molecule has 0 heterocycles. The van der Waals surface area contributed by atoms with Crippen LogP contribution in [0.15, 0.2) is 18.2 Å². The van der Waals surface area contributed by atoms with Crippen molar-refractivity contribution in [3.8, 4) is 5.75 Å². The highest BCUT2D eigenvalue weighted by atomic mass is 16.5. The Bertz CT molecular complexity index is 586. The van der Waals surface area contributed by atoms with Gasteiger partial charge in [0.15, 0.2) is 0 Å². The van der Waals surface area contributed by atoms with E-state index < -0.39 is 5.60 Å². The number of benzene rings is 1. The normalized spacial score (nSPS) is 32.8. The highest BCUT2D eigenvalue weighted by Gasteiger charge is 2.55. The second kappa shape index (κ2) is 6.37. The lowest BCUT2D eigenvalue weighted by Gasteiger charge is -2.58. The highest BCUT2D eigenvalue weighted by molar-refractivity contribution is 5.40. The summed E-state index contributed by atoms with van der Waals surface area (Å²) in [5.41, 5.74) is 2.49. The summed E-state index contributed by atoms with van der Waals surface area (Å²) in [5.74, 6) is 2.95. The van der Waals surface area contributed by atoms with Gasteiger partial charge in [-0.1, -0.05) is 26.3 Å². The molecule has 0 amide bonds. The van der Waals surface area contributed by atoms with Crippen molar-refractivity contribution in [2.75, 3.05) is 7.11 Å². The molecule has 3 rings (SSSR count). The van der Waals surface area contributed by atoms with Crippen LogP contribution >= 0.6 is 0 Å². The van der Waals surface area contributed by atoms with E-state index in [-0.39, 0.29) is 5.41 Å². The minimum absolute atomic E-state index is 0.0624. The molecule has 2 heteroatoms. The minimum atomic E-state index is -0.604. The molecule has 1 N–H and O–H groups in total. The number of aliphatic hydroxyl groups is 1. The van der Waals surface area contributed by atoms with Crippen molar-refractivity contribution >= 4 is 0 Å². The largest absolute Gasteiger partial charge is 0.497 e.